The standard InChI is InChI=1S/C26H17N5O4S/c27-15-20-23(29-25(32)18-11-5-6-12-19(18)26(33)30(29)24(20)28)22-14-16-8-4-7-13-21(16)31(22)36(34,35)17-9-2-1-3-10-17/h1-14,23H,28H2. The number of aromatic nitrogens is 3. The van der Waals surface area contributed by atoms with E-state index in [0.717, 1.165) is 13.3 Å². The van der Waals surface area contributed by atoms with Gasteiger partial charge in [0.15, 0.2) is 0 Å². The van der Waals surface area contributed by atoms with Crippen LogP contribution in [0.1, 0.15) is 11.7 Å². The van der Waals surface area contributed by atoms with Gasteiger partial charge in [-0.3, -0.25) is 9.59 Å². The van der Waals surface area contributed by atoms with Gasteiger partial charge < -0.3 is 5.73 Å². The number of para-hydroxylation sites is 1. The van der Waals surface area contributed by atoms with Gasteiger partial charge in [0.05, 0.1) is 26.9 Å². The zero-order valence-electron chi connectivity index (χ0n) is 18.6. The van der Waals surface area contributed by atoms with Crippen molar-refractivity contribution in [1.82, 2.24) is 13.3 Å². The highest BCUT2D eigenvalue weighted by molar-refractivity contribution is 7.90. The lowest BCUT2D eigenvalue weighted by Crippen LogP contribution is -2.38. The molecular weight excluding hydrogens is 478 g/mol. The van der Waals surface area contributed by atoms with Crippen molar-refractivity contribution < 1.29 is 8.42 Å². The van der Waals surface area contributed by atoms with Crippen molar-refractivity contribution in [3.05, 3.63) is 117 Å². The SMILES string of the molecule is N#CC1=C(N)n2c(=O)c3ccccc3c(=O)n2C1c1cc2ccccc2n1S(=O)(=O)c1ccccc1. The zero-order valence-corrected chi connectivity index (χ0v) is 19.4. The summed E-state index contributed by atoms with van der Waals surface area (Å²) in [6.07, 6.45) is 0. The molecule has 0 radical (unpaired) electrons. The van der Waals surface area contributed by atoms with Crippen molar-refractivity contribution in [3.8, 4) is 6.07 Å². The average molecular weight is 496 g/mol. The van der Waals surface area contributed by atoms with Gasteiger partial charge in [-0.15, -0.1) is 0 Å². The molecule has 1 aliphatic heterocycles. The molecule has 10 heteroatoms. The van der Waals surface area contributed by atoms with Crippen molar-refractivity contribution in [3.63, 3.8) is 0 Å². The Bertz CT molecular complexity index is 2030. The quantitative estimate of drug-likeness (QED) is 0.409. The summed E-state index contributed by atoms with van der Waals surface area (Å²) in [4.78, 5) is 27.0. The minimum atomic E-state index is -4.17. The van der Waals surface area contributed by atoms with Crippen molar-refractivity contribution in [1.29, 1.82) is 5.26 Å². The summed E-state index contributed by atoms with van der Waals surface area (Å²) in [5.41, 5.74) is 5.48. The number of benzene rings is 3. The average Bonchev–Trinajstić information content (AvgIpc) is 3.43. The van der Waals surface area contributed by atoms with Crippen LogP contribution in [0.15, 0.2) is 105 Å². The highest BCUT2D eigenvalue weighted by Gasteiger charge is 2.39. The predicted molar refractivity (Wildman–Crippen MR) is 135 cm³/mol. The number of nitrogens with two attached hydrogens (primary N) is 1. The Hall–Kier alpha value is -4.88. The molecule has 0 amide bonds. The lowest BCUT2D eigenvalue weighted by molar-refractivity contribution is 0.524. The van der Waals surface area contributed by atoms with E-state index in [4.69, 9.17) is 5.73 Å². The molecule has 2 N–H and O–H groups in total. The Morgan fingerprint density at radius 2 is 1.44 bits per heavy atom. The third-order valence-electron chi connectivity index (χ3n) is 6.40. The van der Waals surface area contributed by atoms with Gasteiger partial charge in [0.1, 0.15) is 23.5 Å². The molecule has 1 aliphatic rings. The number of rotatable bonds is 3. The maximum absolute atomic E-state index is 13.9. The number of allylic oxidation sites excluding steroid dienone is 1. The molecule has 6 rings (SSSR count). The Morgan fingerprint density at radius 3 is 2.14 bits per heavy atom. The van der Waals surface area contributed by atoms with Crippen molar-refractivity contribution >= 4 is 37.5 Å². The molecular formula is C26H17N5O4S. The third-order valence-corrected chi connectivity index (χ3v) is 8.16. The van der Waals surface area contributed by atoms with Crippen molar-refractivity contribution in [2.24, 2.45) is 5.73 Å². The van der Waals surface area contributed by atoms with Gasteiger partial charge in [-0.1, -0.05) is 48.5 Å². The molecule has 3 aromatic carbocycles. The number of hydrogen-bond donors (Lipinski definition) is 1. The largest absolute Gasteiger partial charge is 0.383 e. The molecule has 9 nitrogen and oxygen atoms in total. The van der Waals surface area contributed by atoms with E-state index in [1.807, 2.05) is 6.07 Å². The van der Waals surface area contributed by atoms with E-state index >= 15 is 0 Å². The molecule has 0 spiro atoms. The van der Waals surface area contributed by atoms with Gasteiger partial charge in [0.2, 0.25) is 0 Å². The fourth-order valence-corrected chi connectivity index (χ4v) is 6.38. The van der Waals surface area contributed by atoms with Crippen LogP contribution in [0, 0.1) is 11.3 Å². The lowest BCUT2D eigenvalue weighted by Gasteiger charge is -2.19. The van der Waals surface area contributed by atoms with Crippen LogP contribution in [0.25, 0.3) is 27.5 Å². The van der Waals surface area contributed by atoms with E-state index in [1.54, 1.807) is 60.7 Å². The minimum absolute atomic E-state index is 0.0318. The second-order valence-corrected chi connectivity index (χ2v) is 10.1. The number of nitrogens with zero attached hydrogens (tertiary/aromatic N) is 4. The van der Waals surface area contributed by atoms with E-state index in [1.165, 1.54) is 24.3 Å². The number of hydrogen-bond acceptors (Lipinski definition) is 6. The van der Waals surface area contributed by atoms with Crippen LogP contribution in [0.2, 0.25) is 0 Å². The predicted octanol–water partition coefficient (Wildman–Crippen LogP) is 2.61. The second-order valence-electron chi connectivity index (χ2n) is 8.34. The maximum atomic E-state index is 13.9. The molecule has 5 aromatic rings. The van der Waals surface area contributed by atoms with Gasteiger partial charge in [-0.2, -0.15) is 9.94 Å². The molecule has 1 unspecified atom stereocenters. The maximum Gasteiger partial charge on any atom is 0.279 e. The normalized spacial score (nSPS) is 15.4. The van der Waals surface area contributed by atoms with E-state index in [9.17, 15) is 23.3 Å². The fraction of sp³-hybridized carbons (Fsp3) is 0.0385. The summed E-state index contributed by atoms with van der Waals surface area (Å²) in [5, 5.41) is 10.9. The van der Waals surface area contributed by atoms with Gasteiger partial charge in [0.25, 0.3) is 21.1 Å². The Morgan fingerprint density at radius 1 is 0.833 bits per heavy atom. The summed E-state index contributed by atoms with van der Waals surface area (Å²) >= 11 is 0. The van der Waals surface area contributed by atoms with Gasteiger partial charge in [0, 0.05) is 5.39 Å². The second kappa shape index (κ2) is 7.56. The summed E-state index contributed by atoms with van der Waals surface area (Å²) in [6, 6.07) is 23.3. The van der Waals surface area contributed by atoms with Crippen LogP contribution in [-0.2, 0) is 10.0 Å². The summed E-state index contributed by atoms with van der Waals surface area (Å²) in [6.45, 7) is 0. The smallest absolute Gasteiger partial charge is 0.279 e. The molecule has 176 valence electrons. The fourth-order valence-electron chi connectivity index (χ4n) is 4.82. The molecule has 2 aromatic heterocycles. The number of fused-ring (bicyclic) bond motifs is 3. The van der Waals surface area contributed by atoms with Crippen LogP contribution in [0.3, 0.4) is 0 Å². The van der Waals surface area contributed by atoms with Crippen LogP contribution in [0.5, 0.6) is 0 Å². The topological polar surface area (TPSA) is 133 Å². The van der Waals surface area contributed by atoms with Crippen molar-refractivity contribution in [2.75, 3.05) is 0 Å². The monoisotopic (exact) mass is 495 g/mol. The van der Waals surface area contributed by atoms with Gasteiger partial charge in [-0.25, -0.2) is 17.1 Å². The molecule has 0 saturated heterocycles. The molecule has 0 aliphatic carbocycles. The molecule has 0 bridgehead atoms. The Balaban J connectivity index is 1.77. The Kier molecular flexibility index (Phi) is 4.55. The number of nitriles is 1. The van der Waals surface area contributed by atoms with Crippen LogP contribution >= 0.6 is 0 Å². The summed E-state index contributed by atoms with van der Waals surface area (Å²) in [7, 11) is -4.17. The summed E-state index contributed by atoms with van der Waals surface area (Å²) in [5.74, 6) is -0.218. The van der Waals surface area contributed by atoms with Crippen LogP contribution < -0.4 is 16.9 Å². The highest BCUT2D eigenvalue weighted by Crippen LogP contribution is 2.37. The van der Waals surface area contributed by atoms with Gasteiger partial charge in [-0.05, 0) is 36.4 Å². The van der Waals surface area contributed by atoms with E-state index in [2.05, 4.69) is 0 Å². The van der Waals surface area contributed by atoms with Crippen molar-refractivity contribution in [2.45, 2.75) is 10.9 Å². The first-order chi connectivity index (χ1) is 17.4. The first-order valence-corrected chi connectivity index (χ1v) is 12.4. The Labute approximate surface area is 204 Å². The zero-order chi connectivity index (χ0) is 25.2. The third kappa shape index (κ3) is 2.77. The molecule has 3 heterocycles. The van der Waals surface area contributed by atoms with Gasteiger partial charge >= 0.3 is 0 Å². The minimum Gasteiger partial charge on any atom is -0.383 e. The van der Waals surface area contributed by atoms with E-state index in [0.29, 0.717) is 10.9 Å². The van der Waals surface area contributed by atoms with E-state index in [-0.39, 0.29) is 32.8 Å². The van der Waals surface area contributed by atoms with Crippen LogP contribution in [-0.4, -0.2) is 21.8 Å². The summed E-state index contributed by atoms with van der Waals surface area (Å²) < 4.78 is 31.0. The first-order valence-electron chi connectivity index (χ1n) is 10.9. The molecule has 0 saturated carbocycles. The van der Waals surface area contributed by atoms with Crippen LogP contribution in [0.4, 0.5) is 0 Å². The first kappa shape index (κ1) is 21.6. The molecule has 0 fully saturated rings. The lowest BCUT2D eigenvalue weighted by atomic mass is 10.1. The molecule has 1 atom stereocenters. The van der Waals surface area contributed by atoms with E-state index < -0.39 is 27.2 Å². The molecule has 36 heavy (non-hydrogen) atoms. The highest BCUT2D eigenvalue weighted by atomic mass is 32.2.